The third-order valence-corrected chi connectivity index (χ3v) is 7.00. The Bertz CT molecular complexity index is 471. The van der Waals surface area contributed by atoms with Crippen LogP contribution in [0.25, 0.3) is 0 Å². The van der Waals surface area contributed by atoms with Gasteiger partial charge in [0.1, 0.15) is 4.21 Å². The number of thiophene rings is 1. The van der Waals surface area contributed by atoms with Gasteiger partial charge in [0.2, 0.25) is 0 Å². The van der Waals surface area contributed by atoms with Crippen molar-refractivity contribution in [2.45, 2.75) is 54.8 Å². The van der Waals surface area contributed by atoms with Gasteiger partial charge in [-0.3, -0.25) is 0 Å². The molecule has 0 atom stereocenters. The molecule has 2 aliphatic carbocycles. The molecule has 1 aromatic rings. The summed E-state index contributed by atoms with van der Waals surface area (Å²) < 4.78 is 27.5. The van der Waals surface area contributed by atoms with Crippen molar-refractivity contribution in [2.24, 2.45) is 0 Å². The van der Waals surface area contributed by atoms with Crippen LogP contribution in [0.4, 0.5) is 0 Å². The van der Waals surface area contributed by atoms with Crippen LogP contribution in [0, 0.1) is 0 Å². The van der Waals surface area contributed by atoms with E-state index in [0.717, 1.165) is 25.7 Å². The van der Waals surface area contributed by atoms with E-state index >= 15 is 0 Å². The Morgan fingerprint density at radius 1 is 1.12 bits per heavy atom. The van der Waals surface area contributed by atoms with E-state index < -0.39 is 10.0 Å². The van der Waals surface area contributed by atoms with Crippen molar-refractivity contribution >= 4 is 21.4 Å². The molecule has 0 aliphatic heterocycles. The molecule has 0 radical (unpaired) electrons. The van der Waals surface area contributed by atoms with Crippen molar-refractivity contribution in [2.75, 3.05) is 0 Å². The van der Waals surface area contributed by atoms with E-state index in [2.05, 4.69) is 0 Å². The third kappa shape index (κ3) is 2.16. The van der Waals surface area contributed by atoms with Gasteiger partial charge in [-0.05, 0) is 37.1 Å². The predicted molar refractivity (Wildman–Crippen MR) is 68.6 cm³/mol. The second-order valence-corrected chi connectivity index (χ2v) is 7.95. The van der Waals surface area contributed by atoms with Crippen molar-refractivity contribution in [1.82, 2.24) is 4.31 Å². The number of hydrogen-bond acceptors (Lipinski definition) is 3. The van der Waals surface area contributed by atoms with Crippen LogP contribution in [0.15, 0.2) is 21.7 Å². The highest BCUT2D eigenvalue weighted by Gasteiger charge is 2.43. The zero-order valence-corrected chi connectivity index (χ0v) is 11.3. The van der Waals surface area contributed by atoms with Gasteiger partial charge in [0.25, 0.3) is 10.0 Å². The molecular weight excluding hydrogens is 254 g/mol. The smallest absolute Gasteiger partial charge is 0.206 e. The minimum atomic E-state index is -3.23. The summed E-state index contributed by atoms with van der Waals surface area (Å²) in [4.78, 5) is 0. The average molecular weight is 271 g/mol. The molecule has 2 aliphatic rings. The van der Waals surface area contributed by atoms with Crippen LogP contribution in [-0.2, 0) is 10.0 Å². The minimum Gasteiger partial charge on any atom is -0.206 e. The molecule has 2 fully saturated rings. The molecule has 2 saturated carbocycles. The highest BCUT2D eigenvalue weighted by molar-refractivity contribution is 7.91. The van der Waals surface area contributed by atoms with E-state index in [0.29, 0.717) is 4.21 Å². The van der Waals surface area contributed by atoms with E-state index in [1.807, 2.05) is 15.8 Å². The summed E-state index contributed by atoms with van der Waals surface area (Å²) in [6.07, 6.45) is 6.52. The van der Waals surface area contributed by atoms with Gasteiger partial charge in [0, 0.05) is 12.1 Å². The molecule has 17 heavy (non-hydrogen) atoms. The van der Waals surface area contributed by atoms with E-state index in [1.54, 1.807) is 6.07 Å². The molecular formula is C12H17NO2S2. The largest absolute Gasteiger partial charge is 0.253 e. The lowest BCUT2D eigenvalue weighted by Crippen LogP contribution is -2.40. The molecule has 0 amide bonds. The maximum absolute atomic E-state index is 12.6. The second kappa shape index (κ2) is 4.37. The van der Waals surface area contributed by atoms with Crippen molar-refractivity contribution < 1.29 is 8.42 Å². The van der Waals surface area contributed by atoms with Crippen molar-refractivity contribution in [3.63, 3.8) is 0 Å². The minimum absolute atomic E-state index is 0.259. The quantitative estimate of drug-likeness (QED) is 0.844. The van der Waals surface area contributed by atoms with Crippen LogP contribution in [0.1, 0.15) is 38.5 Å². The number of hydrogen-bond donors (Lipinski definition) is 0. The standard InChI is InChI=1S/C12H17NO2S2/c14-17(15,12-6-3-9-16-12)13(11-7-8-11)10-4-1-2-5-10/h3,6,9-11H,1-2,4-5,7-8H2. The van der Waals surface area contributed by atoms with E-state index in [1.165, 1.54) is 24.2 Å². The molecule has 3 rings (SSSR count). The summed E-state index contributed by atoms with van der Waals surface area (Å²) in [6, 6.07) is 4.08. The Hall–Kier alpha value is -0.390. The van der Waals surface area contributed by atoms with E-state index in [-0.39, 0.29) is 12.1 Å². The zero-order valence-electron chi connectivity index (χ0n) is 9.71. The Balaban J connectivity index is 1.93. The van der Waals surface area contributed by atoms with Gasteiger partial charge in [-0.2, -0.15) is 4.31 Å². The number of rotatable bonds is 4. The molecule has 0 unspecified atom stereocenters. The van der Waals surface area contributed by atoms with Gasteiger partial charge in [0.05, 0.1) is 0 Å². The van der Waals surface area contributed by atoms with Crippen molar-refractivity contribution in [3.8, 4) is 0 Å². The maximum atomic E-state index is 12.6. The van der Waals surface area contributed by atoms with Crippen LogP contribution < -0.4 is 0 Å². The van der Waals surface area contributed by atoms with Gasteiger partial charge < -0.3 is 0 Å². The topological polar surface area (TPSA) is 37.4 Å². The lowest BCUT2D eigenvalue weighted by molar-refractivity contribution is 0.315. The van der Waals surface area contributed by atoms with Crippen LogP contribution in [0.3, 0.4) is 0 Å². The molecule has 5 heteroatoms. The maximum Gasteiger partial charge on any atom is 0.253 e. The van der Waals surface area contributed by atoms with Gasteiger partial charge in [-0.15, -0.1) is 11.3 Å². The zero-order chi connectivity index (χ0) is 11.9. The van der Waals surface area contributed by atoms with E-state index in [4.69, 9.17) is 0 Å². The molecule has 1 aromatic heterocycles. The van der Waals surface area contributed by atoms with Crippen LogP contribution in [-0.4, -0.2) is 24.8 Å². The monoisotopic (exact) mass is 271 g/mol. The highest BCUT2D eigenvalue weighted by Crippen LogP contribution is 2.39. The summed E-state index contributed by atoms with van der Waals surface area (Å²) in [5.74, 6) is 0. The van der Waals surface area contributed by atoms with Crippen LogP contribution in [0.5, 0.6) is 0 Å². The first-order valence-corrected chi connectivity index (χ1v) is 8.58. The van der Waals surface area contributed by atoms with Gasteiger partial charge in [-0.1, -0.05) is 18.9 Å². The van der Waals surface area contributed by atoms with Crippen LogP contribution >= 0.6 is 11.3 Å². The molecule has 0 spiro atoms. The lowest BCUT2D eigenvalue weighted by atomic mass is 10.2. The molecule has 0 saturated heterocycles. The van der Waals surface area contributed by atoms with Crippen molar-refractivity contribution in [1.29, 1.82) is 0 Å². The second-order valence-electron chi connectivity index (χ2n) is 4.94. The molecule has 3 nitrogen and oxygen atoms in total. The molecule has 1 heterocycles. The first-order chi connectivity index (χ1) is 8.19. The summed E-state index contributed by atoms with van der Waals surface area (Å²) in [6.45, 7) is 0. The Kier molecular flexibility index (Phi) is 3.00. The van der Waals surface area contributed by atoms with E-state index in [9.17, 15) is 8.42 Å². The SMILES string of the molecule is O=S(=O)(c1cccs1)N(C1CCCC1)C1CC1. The fourth-order valence-corrected chi connectivity index (χ4v) is 5.72. The van der Waals surface area contributed by atoms with Gasteiger partial charge in [-0.25, -0.2) is 8.42 Å². The normalized spacial score (nSPS) is 22.4. The Labute approximate surface area is 107 Å². The third-order valence-electron chi connectivity index (χ3n) is 3.62. The summed E-state index contributed by atoms with van der Waals surface area (Å²) in [5.41, 5.74) is 0. The van der Waals surface area contributed by atoms with Gasteiger partial charge >= 0.3 is 0 Å². The Morgan fingerprint density at radius 3 is 2.29 bits per heavy atom. The molecule has 0 N–H and O–H groups in total. The first-order valence-electron chi connectivity index (χ1n) is 6.26. The van der Waals surface area contributed by atoms with Gasteiger partial charge in [0.15, 0.2) is 0 Å². The number of nitrogens with zero attached hydrogens (tertiary/aromatic N) is 1. The van der Waals surface area contributed by atoms with Crippen LogP contribution in [0.2, 0.25) is 0 Å². The fraction of sp³-hybridized carbons (Fsp3) is 0.667. The summed E-state index contributed by atoms with van der Waals surface area (Å²) in [7, 11) is -3.23. The molecule has 0 aromatic carbocycles. The Morgan fingerprint density at radius 2 is 1.76 bits per heavy atom. The lowest BCUT2D eigenvalue weighted by Gasteiger charge is -2.27. The fourth-order valence-electron chi connectivity index (χ4n) is 2.69. The molecule has 0 bridgehead atoms. The average Bonchev–Trinajstić information content (AvgIpc) is 2.83. The number of sulfonamides is 1. The molecule has 94 valence electrons. The summed E-state index contributed by atoms with van der Waals surface area (Å²) in [5, 5.41) is 1.84. The first kappa shape index (κ1) is 11.7. The highest BCUT2D eigenvalue weighted by atomic mass is 32.2. The summed E-state index contributed by atoms with van der Waals surface area (Å²) >= 11 is 1.33. The predicted octanol–water partition coefficient (Wildman–Crippen LogP) is 2.84. The van der Waals surface area contributed by atoms with Crippen molar-refractivity contribution in [3.05, 3.63) is 17.5 Å².